The largest absolute Gasteiger partial charge is 0.485 e. The zero-order valence-electron chi connectivity index (χ0n) is 18.4. The molecule has 0 aliphatic heterocycles. The summed E-state index contributed by atoms with van der Waals surface area (Å²) >= 11 is 1.37. The van der Waals surface area contributed by atoms with Crippen molar-refractivity contribution in [1.29, 1.82) is 0 Å². The number of aryl methyl sites for hydroxylation is 2. The van der Waals surface area contributed by atoms with E-state index in [2.05, 4.69) is 20.4 Å². The second-order valence-electron chi connectivity index (χ2n) is 7.39. The number of anilines is 1. The molecule has 0 saturated heterocycles. The van der Waals surface area contributed by atoms with E-state index in [-0.39, 0.29) is 12.5 Å². The number of aromatic nitrogens is 5. The Morgan fingerprint density at radius 1 is 1.12 bits per heavy atom. The van der Waals surface area contributed by atoms with Gasteiger partial charge >= 0.3 is 0 Å². The van der Waals surface area contributed by atoms with Crippen LogP contribution in [0.3, 0.4) is 0 Å². The minimum absolute atomic E-state index is 0.0837. The molecule has 0 bridgehead atoms. The molecule has 9 nitrogen and oxygen atoms in total. The second kappa shape index (κ2) is 9.28. The lowest BCUT2D eigenvalue weighted by atomic mass is 10.1. The molecule has 1 amide bonds. The molecular weight excluding hydrogens is 452 g/mol. The van der Waals surface area contributed by atoms with Gasteiger partial charge in [-0.3, -0.25) is 10.1 Å². The predicted octanol–water partition coefficient (Wildman–Crippen LogP) is 4.73. The van der Waals surface area contributed by atoms with Crippen molar-refractivity contribution < 1.29 is 14.1 Å². The van der Waals surface area contributed by atoms with E-state index in [0.717, 1.165) is 22.0 Å². The summed E-state index contributed by atoms with van der Waals surface area (Å²) in [6.07, 6.45) is 3.61. The van der Waals surface area contributed by atoms with Gasteiger partial charge in [-0.05, 0) is 12.1 Å². The quantitative estimate of drug-likeness (QED) is 0.365. The number of ether oxygens (including phenoxy) is 1. The van der Waals surface area contributed by atoms with E-state index in [0.29, 0.717) is 28.2 Å². The van der Waals surface area contributed by atoms with Crippen molar-refractivity contribution in [2.75, 3.05) is 5.32 Å². The van der Waals surface area contributed by atoms with Crippen LogP contribution >= 0.6 is 11.3 Å². The molecule has 0 unspecified atom stereocenters. The number of para-hydroxylation sites is 1. The first kappa shape index (κ1) is 21.5. The monoisotopic (exact) mass is 472 g/mol. The fourth-order valence-electron chi connectivity index (χ4n) is 3.39. The Balaban J connectivity index is 1.42. The van der Waals surface area contributed by atoms with E-state index in [1.165, 1.54) is 11.3 Å². The number of nitrogens with one attached hydrogen (secondary N) is 1. The van der Waals surface area contributed by atoms with Crippen molar-refractivity contribution in [2.24, 2.45) is 7.05 Å². The summed E-state index contributed by atoms with van der Waals surface area (Å²) in [5, 5.41) is 7.20. The Kier molecular flexibility index (Phi) is 5.88. The number of benzene rings is 2. The molecule has 0 spiro atoms. The van der Waals surface area contributed by atoms with Gasteiger partial charge in [-0.15, -0.1) is 0 Å². The summed E-state index contributed by atoms with van der Waals surface area (Å²) < 4.78 is 12.7. The molecule has 1 N–H and O–H groups in total. The molecule has 0 saturated carbocycles. The molecule has 0 atom stereocenters. The summed E-state index contributed by atoms with van der Waals surface area (Å²) in [7, 11) is 1.92. The average Bonchev–Trinajstić information content (AvgIpc) is 3.58. The Hall–Kier alpha value is -4.31. The van der Waals surface area contributed by atoms with Crippen molar-refractivity contribution in [3.8, 4) is 27.7 Å². The lowest BCUT2D eigenvalue weighted by Crippen LogP contribution is -2.13. The Bertz CT molecular complexity index is 1440. The maximum Gasteiger partial charge on any atom is 0.261 e. The van der Waals surface area contributed by atoms with Crippen LogP contribution in [0.25, 0.3) is 22.0 Å². The lowest BCUT2D eigenvalue weighted by Gasteiger charge is -2.09. The molecule has 3 heterocycles. The van der Waals surface area contributed by atoms with Crippen LogP contribution in [0.15, 0.2) is 71.5 Å². The van der Waals surface area contributed by atoms with Crippen LogP contribution in [0.4, 0.5) is 5.13 Å². The molecule has 2 aromatic carbocycles. The average molecular weight is 473 g/mol. The number of carbonyl (C=O) groups is 1. The van der Waals surface area contributed by atoms with E-state index in [1.54, 1.807) is 37.4 Å². The van der Waals surface area contributed by atoms with Crippen molar-refractivity contribution in [3.05, 3.63) is 84.3 Å². The van der Waals surface area contributed by atoms with Crippen LogP contribution in [-0.4, -0.2) is 30.6 Å². The van der Waals surface area contributed by atoms with Gasteiger partial charge in [0, 0.05) is 31.9 Å². The molecule has 5 rings (SSSR count). The van der Waals surface area contributed by atoms with Gasteiger partial charge in [-0.2, -0.15) is 4.98 Å². The highest BCUT2D eigenvalue weighted by atomic mass is 32.1. The van der Waals surface area contributed by atoms with Crippen molar-refractivity contribution in [2.45, 2.75) is 13.5 Å². The Morgan fingerprint density at radius 2 is 1.91 bits per heavy atom. The Labute approximate surface area is 199 Å². The number of rotatable bonds is 7. The summed E-state index contributed by atoms with van der Waals surface area (Å²) in [6, 6.07) is 16.8. The third-order valence-corrected chi connectivity index (χ3v) is 5.94. The highest BCUT2D eigenvalue weighted by molar-refractivity contribution is 7.19. The first-order valence-electron chi connectivity index (χ1n) is 10.4. The standard InChI is InChI=1S/C24H20N6O3S/c1-15-26-19(29-33-15)14-32-18-11-7-6-10-17(18)23(31)28-24-27-20(16-8-4-3-5-9-16)21(34-24)22-25-12-13-30(22)2/h3-13H,14H2,1-2H3,(H,27,28,31). The van der Waals surface area contributed by atoms with Crippen LogP contribution in [0.2, 0.25) is 0 Å². The van der Waals surface area contributed by atoms with Crippen molar-refractivity contribution >= 4 is 22.4 Å². The minimum atomic E-state index is -0.334. The fourth-order valence-corrected chi connectivity index (χ4v) is 4.41. The molecule has 34 heavy (non-hydrogen) atoms. The predicted molar refractivity (Wildman–Crippen MR) is 128 cm³/mol. The van der Waals surface area contributed by atoms with Crippen molar-refractivity contribution in [3.63, 3.8) is 0 Å². The zero-order valence-corrected chi connectivity index (χ0v) is 19.2. The molecule has 0 aliphatic carbocycles. The maximum atomic E-state index is 13.2. The zero-order chi connectivity index (χ0) is 23.5. The first-order chi connectivity index (χ1) is 16.6. The number of hydrogen-bond donors (Lipinski definition) is 1. The molecule has 3 aromatic heterocycles. The number of amides is 1. The molecule has 0 aliphatic rings. The van der Waals surface area contributed by atoms with E-state index in [9.17, 15) is 4.79 Å². The summed E-state index contributed by atoms with van der Waals surface area (Å²) in [4.78, 5) is 27.4. The summed E-state index contributed by atoms with van der Waals surface area (Å²) in [6.45, 7) is 1.79. The molecule has 0 radical (unpaired) electrons. The highest BCUT2D eigenvalue weighted by Crippen LogP contribution is 2.38. The van der Waals surface area contributed by atoms with Crippen LogP contribution in [0, 0.1) is 6.92 Å². The maximum absolute atomic E-state index is 13.2. The van der Waals surface area contributed by atoms with E-state index >= 15 is 0 Å². The fraction of sp³-hybridized carbons (Fsp3) is 0.125. The number of imidazole rings is 1. The van der Waals surface area contributed by atoms with Gasteiger partial charge in [0.15, 0.2) is 17.6 Å². The third-order valence-electron chi connectivity index (χ3n) is 4.98. The number of thiazole rings is 1. The number of carbonyl (C=O) groups excluding carboxylic acids is 1. The van der Waals surface area contributed by atoms with Crippen LogP contribution in [-0.2, 0) is 13.7 Å². The van der Waals surface area contributed by atoms with Crippen LogP contribution < -0.4 is 10.1 Å². The van der Waals surface area contributed by atoms with E-state index in [4.69, 9.17) is 14.2 Å². The summed E-state index contributed by atoms with van der Waals surface area (Å²) in [5.41, 5.74) is 2.07. The minimum Gasteiger partial charge on any atom is -0.485 e. The van der Waals surface area contributed by atoms with Gasteiger partial charge in [-0.25, -0.2) is 9.97 Å². The summed E-state index contributed by atoms with van der Waals surface area (Å²) in [5.74, 6) is 1.70. The highest BCUT2D eigenvalue weighted by Gasteiger charge is 2.21. The van der Waals surface area contributed by atoms with Gasteiger partial charge in [0.05, 0.1) is 16.1 Å². The molecule has 0 fully saturated rings. The lowest BCUT2D eigenvalue weighted by molar-refractivity contribution is 0.102. The number of hydrogen-bond acceptors (Lipinski definition) is 8. The first-order valence-corrected chi connectivity index (χ1v) is 11.3. The third kappa shape index (κ3) is 4.44. The molecule has 10 heteroatoms. The normalized spacial score (nSPS) is 10.9. The van der Waals surface area contributed by atoms with Crippen LogP contribution in [0.5, 0.6) is 5.75 Å². The van der Waals surface area contributed by atoms with Gasteiger partial charge < -0.3 is 13.8 Å². The van der Waals surface area contributed by atoms with Gasteiger partial charge in [-0.1, -0.05) is 59.0 Å². The van der Waals surface area contributed by atoms with E-state index in [1.807, 2.05) is 48.1 Å². The second-order valence-corrected chi connectivity index (χ2v) is 8.39. The van der Waals surface area contributed by atoms with Crippen LogP contribution in [0.1, 0.15) is 22.1 Å². The van der Waals surface area contributed by atoms with Crippen molar-refractivity contribution in [1.82, 2.24) is 24.7 Å². The van der Waals surface area contributed by atoms with Gasteiger partial charge in [0.2, 0.25) is 11.7 Å². The van der Waals surface area contributed by atoms with Gasteiger partial charge in [0.1, 0.15) is 5.75 Å². The molecule has 5 aromatic rings. The SMILES string of the molecule is Cc1nc(COc2ccccc2C(=O)Nc2nc(-c3ccccc3)c(-c3nccn3C)s2)no1. The Morgan fingerprint density at radius 3 is 2.65 bits per heavy atom. The van der Waals surface area contributed by atoms with E-state index < -0.39 is 0 Å². The molecular formula is C24H20N6O3S. The topological polar surface area (TPSA) is 108 Å². The van der Waals surface area contributed by atoms with Gasteiger partial charge in [0.25, 0.3) is 5.91 Å². The smallest absolute Gasteiger partial charge is 0.261 e. The number of nitrogens with zero attached hydrogens (tertiary/aromatic N) is 5. The molecule has 170 valence electrons.